The smallest absolute Gasteiger partial charge is 0.309 e. The molecule has 3 aliphatic heterocycles. The van der Waals surface area contributed by atoms with E-state index in [2.05, 4.69) is 4.90 Å². The van der Waals surface area contributed by atoms with E-state index in [4.69, 9.17) is 14.2 Å². The lowest BCUT2D eigenvalue weighted by atomic mass is 9.97. The standard InChI is InChI=1S/C9H13NO4/c1-10-4-13-6-3-12-5-2-7(11)14-9(5)8(6)10/h5-6,8-9H,2-4H2,1H3/t5-,6-,8-,9+/m1/s1. The fourth-order valence-corrected chi connectivity index (χ4v) is 2.51. The monoisotopic (exact) mass is 199 g/mol. The number of hydrogen-bond acceptors (Lipinski definition) is 5. The van der Waals surface area contributed by atoms with Crippen LogP contribution < -0.4 is 0 Å². The second-order valence-corrected chi connectivity index (χ2v) is 4.11. The van der Waals surface area contributed by atoms with Crippen LogP contribution in [-0.4, -0.2) is 55.6 Å². The Hall–Kier alpha value is -0.650. The van der Waals surface area contributed by atoms with Crippen molar-refractivity contribution in [2.75, 3.05) is 20.4 Å². The predicted molar refractivity (Wildman–Crippen MR) is 45.5 cm³/mol. The molecule has 3 fully saturated rings. The molecule has 0 bridgehead atoms. The third-order valence-corrected chi connectivity index (χ3v) is 3.20. The van der Waals surface area contributed by atoms with E-state index in [-0.39, 0.29) is 30.3 Å². The van der Waals surface area contributed by atoms with Crippen LogP contribution in [0.5, 0.6) is 0 Å². The molecule has 0 aromatic carbocycles. The minimum absolute atomic E-state index is 0.0621. The molecule has 0 radical (unpaired) electrons. The Morgan fingerprint density at radius 1 is 1.36 bits per heavy atom. The van der Waals surface area contributed by atoms with E-state index in [9.17, 15) is 4.79 Å². The van der Waals surface area contributed by atoms with Gasteiger partial charge in [-0.1, -0.05) is 0 Å². The minimum Gasteiger partial charge on any atom is -0.458 e. The van der Waals surface area contributed by atoms with Crippen LogP contribution in [0, 0.1) is 0 Å². The van der Waals surface area contributed by atoms with Gasteiger partial charge in [0, 0.05) is 0 Å². The highest BCUT2D eigenvalue weighted by molar-refractivity contribution is 5.72. The van der Waals surface area contributed by atoms with E-state index in [1.54, 1.807) is 0 Å². The van der Waals surface area contributed by atoms with Gasteiger partial charge < -0.3 is 14.2 Å². The van der Waals surface area contributed by atoms with Crippen LogP contribution in [0.25, 0.3) is 0 Å². The van der Waals surface area contributed by atoms with Crippen LogP contribution in [0.1, 0.15) is 6.42 Å². The van der Waals surface area contributed by atoms with Gasteiger partial charge in [0.25, 0.3) is 0 Å². The molecule has 4 atom stereocenters. The van der Waals surface area contributed by atoms with Gasteiger partial charge in [0.05, 0.1) is 25.8 Å². The van der Waals surface area contributed by atoms with Gasteiger partial charge in [-0.05, 0) is 7.05 Å². The molecule has 0 saturated carbocycles. The normalized spacial score (nSPS) is 47.4. The highest BCUT2D eigenvalue weighted by atomic mass is 16.6. The van der Waals surface area contributed by atoms with Crippen LogP contribution in [-0.2, 0) is 19.0 Å². The van der Waals surface area contributed by atoms with Crippen LogP contribution in [0.15, 0.2) is 0 Å². The molecule has 3 saturated heterocycles. The predicted octanol–water partition coefficient (Wildman–Crippen LogP) is -0.643. The molecule has 14 heavy (non-hydrogen) atoms. The summed E-state index contributed by atoms with van der Waals surface area (Å²) in [6.07, 6.45) is 0.260. The van der Waals surface area contributed by atoms with Crippen molar-refractivity contribution in [3.05, 3.63) is 0 Å². The van der Waals surface area contributed by atoms with E-state index >= 15 is 0 Å². The van der Waals surface area contributed by atoms with Crippen molar-refractivity contribution < 1.29 is 19.0 Å². The van der Waals surface area contributed by atoms with Gasteiger partial charge >= 0.3 is 5.97 Å². The van der Waals surface area contributed by atoms with Crippen LogP contribution >= 0.6 is 0 Å². The zero-order valence-electron chi connectivity index (χ0n) is 8.01. The topological polar surface area (TPSA) is 48.0 Å². The molecule has 3 aliphatic rings. The van der Waals surface area contributed by atoms with Crippen molar-refractivity contribution in [3.63, 3.8) is 0 Å². The molecule has 0 amide bonds. The van der Waals surface area contributed by atoms with Crippen molar-refractivity contribution >= 4 is 5.97 Å². The fraction of sp³-hybridized carbons (Fsp3) is 0.889. The van der Waals surface area contributed by atoms with Crippen molar-refractivity contribution in [1.82, 2.24) is 4.90 Å². The molecule has 78 valence electrons. The summed E-state index contributed by atoms with van der Waals surface area (Å²) in [6.45, 7) is 1.17. The summed E-state index contributed by atoms with van der Waals surface area (Å²) in [4.78, 5) is 13.2. The molecule has 0 N–H and O–H groups in total. The maximum absolute atomic E-state index is 11.1. The molecule has 0 unspecified atom stereocenters. The van der Waals surface area contributed by atoms with Crippen molar-refractivity contribution in [2.24, 2.45) is 0 Å². The zero-order valence-corrected chi connectivity index (χ0v) is 8.01. The van der Waals surface area contributed by atoms with Gasteiger partial charge in [-0.25, -0.2) is 0 Å². The average molecular weight is 199 g/mol. The Balaban J connectivity index is 1.85. The van der Waals surface area contributed by atoms with E-state index in [0.717, 1.165) is 0 Å². The van der Waals surface area contributed by atoms with Crippen molar-refractivity contribution in [3.8, 4) is 0 Å². The van der Waals surface area contributed by atoms with E-state index in [1.807, 2.05) is 7.05 Å². The highest BCUT2D eigenvalue weighted by Crippen LogP contribution is 2.33. The SMILES string of the molecule is CN1CO[C@@H]2CO[C@@H]3CC(=O)O[C@@H]3[C@@H]21. The van der Waals surface area contributed by atoms with Crippen LogP contribution in [0.2, 0.25) is 0 Å². The first-order valence-corrected chi connectivity index (χ1v) is 4.88. The van der Waals surface area contributed by atoms with Gasteiger partial charge in [-0.2, -0.15) is 0 Å². The molecule has 5 heteroatoms. The molecule has 0 aliphatic carbocycles. The molecule has 5 nitrogen and oxygen atoms in total. The Bertz CT molecular complexity index is 270. The van der Waals surface area contributed by atoms with Crippen molar-refractivity contribution in [2.45, 2.75) is 30.8 Å². The van der Waals surface area contributed by atoms with Crippen molar-refractivity contribution in [1.29, 1.82) is 0 Å². The maximum atomic E-state index is 11.1. The van der Waals surface area contributed by atoms with E-state index < -0.39 is 0 Å². The number of esters is 1. The second-order valence-electron chi connectivity index (χ2n) is 4.11. The average Bonchev–Trinajstić information content (AvgIpc) is 2.68. The van der Waals surface area contributed by atoms with E-state index in [0.29, 0.717) is 19.8 Å². The number of ether oxygens (including phenoxy) is 3. The van der Waals surface area contributed by atoms with E-state index in [1.165, 1.54) is 0 Å². The first-order chi connectivity index (χ1) is 6.75. The Kier molecular flexibility index (Phi) is 1.80. The Morgan fingerprint density at radius 2 is 2.21 bits per heavy atom. The summed E-state index contributed by atoms with van der Waals surface area (Å²) < 4.78 is 16.3. The summed E-state index contributed by atoms with van der Waals surface area (Å²) in [6, 6.07) is 0.181. The number of likely N-dealkylation sites (N-methyl/N-ethyl adjacent to an activating group) is 1. The molecule has 3 heterocycles. The van der Waals surface area contributed by atoms with Gasteiger partial charge in [-0.3, -0.25) is 9.69 Å². The summed E-state index contributed by atoms with van der Waals surface area (Å²) in [5, 5.41) is 0. The second kappa shape index (κ2) is 2.92. The number of nitrogens with zero attached hydrogens (tertiary/aromatic N) is 1. The summed E-state index contributed by atoms with van der Waals surface area (Å²) >= 11 is 0. The molecule has 0 aromatic heterocycles. The number of rotatable bonds is 0. The zero-order chi connectivity index (χ0) is 9.71. The molecule has 0 spiro atoms. The fourth-order valence-electron chi connectivity index (χ4n) is 2.51. The minimum atomic E-state index is -0.152. The van der Waals surface area contributed by atoms with Gasteiger partial charge in [0.2, 0.25) is 0 Å². The third kappa shape index (κ3) is 1.09. The van der Waals surface area contributed by atoms with Crippen LogP contribution in [0.4, 0.5) is 0 Å². The number of hydrogen-bond donors (Lipinski definition) is 0. The first-order valence-electron chi connectivity index (χ1n) is 4.88. The number of carbonyl (C=O) groups is 1. The lowest BCUT2D eigenvalue weighted by Crippen LogP contribution is -2.53. The summed E-state index contributed by atoms with van der Waals surface area (Å²) in [5.74, 6) is -0.152. The molecular formula is C9H13NO4. The quantitative estimate of drug-likeness (QED) is 0.485. The third-order valence-electron chi connectivity index (χ3n) is 3.20. The molecule has 3 rings (SSSR count). The van der Waals surface area contributed by atoms with Gasteiger partial charge in [-0.15, -0.1) is 0 Å². The van der Waals surface area contributed by atoms with Crippen LogP contribution in [0.3, 0.4) is 0 Å². The maximum Gasteiger partial charge on any atom is 0.309 e. The highest BCUT2D eigenvalue weighted by Gasteiger charge is 2.52. The molecular weight excluding hydrogens is 186 g/mol. The largest absolute Gasteiger partial charge is 0.458 e. The molecule has 0 aromatic rings. The summed E-state index contributed by atoms with van der Waals surface area (Å²) in [5.41, 5.74) is 0. The van der Waals surface area contributed by atoms with Gasteiger partial charge in [0.15, 0.2) is 0 Å². The number of carbonyl (C=O) groups excluding carboxylic acids is 1. The van der Waals surface area contributed by atoms with Gasteiger partial charge in [0.1, 0.15) is 18.3 Å². The number of fused-ring (bicyclic) bond motifs is 3. The Morgan fingerprint density at radius 3 is 3.07 bits per heavy atom. The Labute approximate surface area is 81.9 Å². The lowest BCUT2D eigenvalue weighted by molar-refractivity contribution is -0.149. The first kappa shape index (κ1) is 8.64. The lowest BCUT2D eigenvalue weighted by Gasteiger charge is -2.35. The summed E-state index contributed by atoms with van der Waals surface area (Å²) in [7, 11) is 1.99.